The topological polar surface area (TPSA) is 73.8 Å². The van der Waals surface area contributed by atoms with Crippen LogP contribution in [0.1, 0.15) is 26.7 Å². The van der Waals surface area contributed by atoms with Gasteiger partial charge in [-0.3, -0.25) is 9.89 Å². The van der Waals surface area contributed by atoms with Crippen molar-refractivity contribution in [1.29, 1.82) is 0 Å². The summed E-state index contributed by atoms with van der Waals surface area (Å²) in [6.07, 6.45) is 2.46. The van der Waals surface area contributed by atoms with Crippen molar-refractivity contribution in [2.45, 2.75) is 32.7 Å². The van der Waals surface area contributed by atoms with Gasteiger partial charge in [0.2, 0.25) is 0 Å². The zero-order valence-corrected chi connectivity index (χ0v) is 13.7. The second-order valence-electron chi connectivity index (χ2n) is 5.04. The average Bonchev–Trinajstić information content (AvgIpc) is 2.90. The van der Waals surface area contributed by atoms with E-state index in [2.05, 4.69) is 27.4 Å². The molecule has 1 fully saturated rings. The van der Waals surface area contributed by atoms with Gasteiger partial charge in [0.05, 0.1) is 5.75 Å². The summed E-state index contributed by atoms with van der Waals surface area (Å²) in [5.41, 5.74) is 0. The van der Waals surface area contributed by atoms with Crippen LogP contribution in [0.15, 0.2) is 4.99 Å². The number of rotatable bonds is 7. The molecule has 1 aliphatic rings. The molecule has 1 rings (SSSR count). The highest BCUT2D eigenvalue weighted by molar-refractivity contribution is 7.91. The minimum atomic E-state index is -2.92. The molecule has 1 aliphatic heterocycles. The van der Waals surface area contributed by atoms with Crippen LogP contribution in [0.25, 0.3) is 0 Å². The number of hydrogen-bond donors (Lipinski definition) is 2. The quantitative estimate of drug-likeness (QED) is 0.514. The van der Waals surface area contributed by atoms with Crippen LogP contribution in [-0.2, 0) is 9.84 Å². The van der Waals surface area contributed by atoms with Crippen LogP contribution in [0.2, 0.25) is 0 Å². The third kappa shape index (κ3) is 5.66. The lowest BCUT2D eigenvalue weighted by atomic mass is 10.2. The van der Waals surface area contributed by atoms with Gasteiger partial charge in [-0.1, -0.05) is 13.8 Å². The summed E-state index contributed by atoms with van der Waals surface area (Å²) >= 11 is 0. The number of likely N-dealkylation sites (tertiary alicyclic amines) is 1. The first-order valence-electron chi connectivity index (χ1n) is 7.41. The lowest BCUT2D eigenvalue weighted by Gasteiger charge is -2.23. The maximum atomic E-state index is 11.4. The van der Waals surface area contributed by atoms with Crippen molar-refractivity contribution in [3.05, 3.63) is 0 Å². The molecule has 7 heteroatoms. The van der Waals surface area contributed by atoms with Gasteiger partial charge >= 0.3 is 0 Å². The smallest absolute Gasteiger partial charge is 0.191 e. The Morgan fingerprint density at radius 3 is 2.70 bits per heavy atom. The fraction of sp³-hybridized carbons (Fsp3) is 0.923. The van der Waals surface area contributed by atoms with E-state index < -0.39 is 9.84 Å². The predicted molar refractivity (Wildman–Crippen MR) is 84.0 cm³/mol. The summed E-state index contributed by atoms with van der Waals surface area (Å²) in [6, 6.07) is 0.554. The highest BCUT2D eigenvalue weighted by atomic mass is 32.2. The first-order valence-corrected chi connectivity index (χ1v) is 9.23. The fourth-order valence-corrected chi connectivity index (χ4v) is 3.15. The monoisotopic (exact) mass is 304 g/mol. The van der Waals surface area contributed by atoms with Crippen LogP contribution in [0.4, 0.5) is 0 Å². The second kappa shape index (κ2) is 8.46. The molecule has 0 aliphatic carbocycles. The number of likely N-dealkylation sites (N-methyl/N-ethyl adjacent to an activating group) is 1. The SMILES string of the molecule is CCN1CCCC1CNC(=NC)NCCS(=O)(=O)CC. The van der Waals surface area contributed by atoms with Crippen molar-refractivity contribution >= 4 is 15.8 Å². The highest BCUT2D eigenvalue weighted by Crippen LogP contribution is 2.15. The number of hydrogen-bond acceptors (Lipinski definition) is 4. The molecule has 0 aromatic rings. The highest BCUT2D eigenvalue weighted by Gasteiger charge is 2.22. The Labute approximate surface area is 122 Å². The van der Waals surface area contributed by atoms with Gasteiger partial charge in [-0.15, -0.1) is 0 Å². The lowest BCUT2D eigenvalue weighted by Crippen LogP contribution is -2.45. The molecule has 1 heterocycles. The molecule has 1 unspecified atom stereocenters. The molecule has 2 N–H and O–H groups in total. The maximum absolute atomic E-state index is 11.4. The first-order chi connectivity index (χ1) is 9.52. The van der Waals surface area contributed by atoms with Crippen molar-refractivity contribution in [2.24, 2.45) is 4.99 Å². The summed E-state index contributed by atoms with van der Waals surface area (Å²) in [6.45, 7) is 7.35. The van der Waals surface area contributed by atoms with Gasteiger partial charge in [-0.05, 0) is 25.9 Å². The van der Waals surface area contributed by atoms with E-state index in [1.54, 1.807) is 14.0 Å². The number of guanidine groups is 1. The minimum absolute atomic E-state index is 0.148. The Balaban J connectivity index is 2.30. The second-order valence-corrected chi connectivity index (χ2v) is 7.51. The molecule has 0 amide bonds. The third-order valence-electron chi connectivity index (χ3n) is 3.78. The molecule has 0 bridgehead atoms. The number of sulfone groups is 1. The Hall–Kier alpha value is -0.820. The van der Waals surface area contributed by atoms with Gasteiger partial charge in [0.1, 0.15) is 0 Å². The lowest BCUT2D eigenvalue weighted by molar-refractivity contribution is 0.267. The van der Waals surface area contributed by atoms with Crippen LogP contribution < -0.4 is 10.6 Å². The third-order valence-corrected chi connectivity index (χ3v) is 5.49. The van der Waals surface area contributed by atoms with E-state index in [0.717, 1.165) is 13.1 Å². The maximum Gasteiger partial charge on any atom is 0.191 e. The molecular formula is C13H28N4O2S. The van der Waals surface area contributed by atoms with E-state index in [9.17, 15) is 8.42 Å². The van der Waals surface area contributed by atoms with E-state index in [0.29, 0.717) is 18.5 Å². The van der Waals surface area contributed by atoms with Gasteiger partial charge in [0, 0.05) is 31.9 Å². The molecule has 20 heavy (non-hydrogen) atoms. The molecule has 6 nitrogen and oxygen atoms in total. The number of nitrogens with one attached hydrogen (secondary N) is 2. The summed E-state index contributed by atoms with van der Waals surface area (Å²) in [7, 11) is -1.22. The summed E-state index contributed by atoms with van der Waals surface area (Å²) in [4.78, 5) is 6.59. The Morgan fingerprint density at radius 2 is 2.10 bits per heavy atom. The molecule has 1 atom stereocenters. The summed E-state index contributed by atoms with van der Waals surface area (Å²) in [5.74, 6) is 1.02. The molecule has 0 spiro atoms. The van der Waals surface area contributed by atoms with Crippen LogP contribution >= 0.6 is 0 Å². The number of aliphatic imine (C=N–C) groups is 1. The van der Waals surface area contributed by atoms with Crippen molar-refractivity contribution in [3.63, 3.8) is 0 Å². The van der Waals surface area contributed by atoms with Gasteiger partial charge < -0.3 is 10.6 Å². The summed E-state index contributed by atoms with van der Waals surface area (Å²) in [5, 5.41) is 6.34. The van der Waals surface area contributed by atoms with E-state index >= 15 is 0 Å². The molecule has 0 saturated carbocycles. The van der Waals surface area contributed by atoms with Gasteiger partial charge in [-0.25, -0.2) is 8.42 Å². The van der Waals surface area contributed by atoms with Crippen LogP contribution in [0.5, 0.6) is 0 Å². The van der Waals surface area contributed by atoms with E-state index in [1.165, 1.54) is 19.4 Å². The van der Waals surface area contributed by atoms with Gasteiger partial charge in [0.25, 0.3) is 0 Å². The molecule has 0 aromatic heterocycles. The van der Waals surface area contributed by atoms with Gasteiger partial charge in [0.15, 0.2) is 15.8 Å². The number of nitrogens with zero attached hydrogens (tertiary/aromatic N) is 2. The van der Waals surface area contributed by atoms with Crippen molar-refractivity contribution in [1.82, 2.24) is 15.5 Å². The Kier molecular flexibility index (Phi) is 7.29. The van der Waals surface area contributed by atoms with Crippen molar-refractivity contribution in [2.75, 3.05) is 44.7 Å². The van der Waals surface area contributed by atoms with Crippen LogP contribution in [0, 0.1) is 0 Å². The minimum Gasteiger partial charge on any atom is -0.355 e. The van der Waals surface area contributed by atoms with E-state index in [1.807, 2.05) is 0 Å². The zero-order chi connectivity index (χ0) is 15.0. The molecule has 0 radical (unpaired) electrons. The van der Waals surface area contributed by atoms with E-state index in [4.69, 9.17) is 0 Å². The molecule has 0 aromatic carbocycles. The summed E-state index contributed by atoms with van der Waals surface area (Å²) < 4.78 is 22.8. The average molecular weight is 304 g/mol. The standard InChI is InChI=1S/C13H28N4O2S/c1-4-17-9-6-7-12(17)11-16-13(14-3)15-8-10-20(18,19)5-2/h12H,4-11H2,1-3H3,(H2,14,15,16). The van der Waals surface area contributed by atoms with E-state index in [-0.39, 0.29) is 11.5 Å². The largest absolute Gasteiger partial charge is 0.355 e. The van der Waals surface area contributed by atoms with Crippen molar-refractivity contribution < 1.29 is 8.42 Å². The molecular weight excluding hydrogens is 276 g/mol. The van der Waals surface area contributed by atoms with Crippen LogP contribution in [0.3, 0.4) is 0 Å². The predicted octanol–water partition coefficient (Wildman–Crippen LogP) is 0.0704. The first kappa shape index (κ1) is 17.2. The van der Waals surface area contributed by atoms with Crippen molar-refractivity contribution in [3.8, 4) is 0 Å². The zero-order valence-electron chi connectivity index (χ0n) is 12.9. The Bertz CT molecular complexity index is 409. The molecule has 118 valence electrons. The van der Waals surface area contributed by atoms with Gasteiger partial charge in [-0.2, -0.15) is 0 Å². The Morgan fingerprint density at radius 1 is 1.35 bits per heavy atom. The van der Waals surface area contributed by atoms with Crippen LogP contribution in [-0.4, -0.2) is 70.1 Å². The normalized spacial score (nSPS) is 21.1. The fourth-order valence-electron chi connectivity index (χ4n) is 2.45. The molecule has 1 saturated heterocycles.